The third-order valence-electron chi connectivity index (χ3n) is 2.82. The molecule has 2 nitrogen and oxygen atoms in total. The second-order valence-electron chi connectivity index (χ2n) is 3.75. The van der Waals surface area contributed by atoms with Crippen molar-refractivity contribution in [3.05, 3.63) is 28.2 Å². The molecule has 0 spiro atoms. The van der Waals surface area contributed by atoms with Gasteiger partial charge in [0, 0.05) is 15.7 Å². The van der Waals surface area contributed by atoms with Crippen molar-refractivity contribution in [2.45, 2.75) is 24.8 Å². The molecule has 0 bridgehead atoms. The van der Waals surface area contributed by atoms with Gasteiger partial charge in [0.05, 0.1) is 0 Å². The van der Waals surface area contributed by atoms with E-state index in [-0.39, 0.29) is 5.54 Å². The van der Waals surface area contributed by atoms with Crippen LogP contribution in [0.25, 0.3) is 0 Å². The van der Waals surface area contributed by atoms with Gasteiger partial charge >= 0.3 is 0 Å². The zero-order valence-electron chi connectivity index (χ0n) is 7.39. The molecule has 3 heteroatoms. The van der Waals surface area contributed by atoms with Gasteiger partial charge in [-0.1, -0.05) is 6.07 Å². The highest BCUT2D eigenvalue weighted by Gasteiger charge is 2.34. The van der Waals surface area contributed by atoms with Crippen LogP contribution in [0.2, 0.25) is 0 Å². The van der Waals surface area contributed by atoms with Crippen molar-refractivity contribution in [1.82, 2.24) is 0 Å². The fraction of sp³-hybridized carbons (Fsp3) is 0.400. The van der Waals surface area contributed by atoms with Crippen LogP contribution in [0.5, 0.6) is 0 Å². The number of benzene rings is 1. The number of halogens is 1. The summed E-state index contributed by atoms with van der Waals surface area (Å²) in [5.74, 6) is 0. The molecule has 0 unspecified atom stereocenters. The zero-order valence-corrected chi connectivity index (χ0v) is 8.97. The summed E-state index contributed by atoms with van der Waals surface area (Å²) in [6.07, 6.45) is 3.38. The number of hydrogen-bond acceptors (Lipinski definition) is 2. The Morgan fingerprint density at radius 3 is 2.46 bits per heavy atom. The quantitative estimate of drug-likeness (QED) is 0.741. The van der Waals surface area contributed by atoms with E-state index in [4.69, 9.17) is 11.5 Å². The molecule has 1 saturated carbocycles. The van der Waals surface area contributed by atoms with Crippen LogP contribution >= 0.6 is 15.9 Å². The second kappa shape index (κ2) is 3.00. The van der Waals surface area contributed by atoms with E-state index < -0.39 is 0 Å². The molecule has 1 aromatic rings. The van der Waals surface area contributed by atoms with Crippen molar-refractivity contribution in [1.29, 1.82) is 0 Å². The average Bonchev–Trinajstić information content (AvgIpc) is 2.06. The van der Waals surface area contributed by atoms with Crippen LogP contribution in [-0.4, -0.2) is 0 Å². The molecule has 1 fully saturated rings. The van der Waals surface area contributed by atoms with E-state index in [0.717, 1.165) is 23.0 Å². The maximum absolute atomic E-state index is 6.17. The van der Waals surface area contributed by atoms with Gasteiger partial charge in [-0.05, 0) is 52.9 Å². The lowest BCUT2D eigenvalue weighted by atomic mass is 9.73. The smallest absolute Gasteiger partial charge is 0.0461 e. The molecule has 0 aromatic heterocycles. The van der Waals surface area contributed by atoms with E-state index in [2.05, 4.69) is 22.0 Å². The summed E-state index contributed by atoms with van der Waals surface area (Å²) in [7, 11) is 0. The normalized spacial score (nSPS) is 19.5. The Labute approximate surface area is 86.4 Å². The Hall–Kier alpha value is -0.540. The first-order chi connectivity index (χ1) is 6.12. The van der Waals surface area contributed by atoms with Crippen molar-refractivity contribution < 1.29 is 0 Å². The van der Waals surface area contributed by atoms with Crippen LogP contribution in [0.4, 0.5) is 5.69 Å². The monoisotopic (exact) mass is 240 g/mol. The van der Waals surface area contributed by atoms with E-state index >= 15 is 0 Å². The van der Waals surface area contributed by atoms with Gasteiger partial charge in [0.15, 0.2) is 0 Å². The van der Waals surface area contributed by atoms with Gasteiger partial charge in [-0.2, -0.15) is 0 Å². The van der Waals surface area contributed by atoms with Gasteiger partial charge in [-0.25, -0.2) is 0 Å². The summed E-state index contributed by atoms with van der Waals surface area (Å²) >= 11 is 3.37. The summed E-state index contributed by atoms with van der Waals surface area (Å²) < 4.78 is 0.944. The van der Waals surface area contributed by atoms with Gasteiger partial charge in [0.2, 0.25) is 0 Å². The average molecular weight is 241 g/mol. The van der Waals surface area contributed by atoms with Crippen molar-refractivity contribution in [3.63, 3.8) is 0 Å². The standard InChI is InChI=1S/C10H13BrN2/c11-8-3-2-7(6-9(8)12)10(13)4-1-5-10/h2-3,6H,1,4-5,12-13H2. The minimum Gasteiger partial charge on any atom is -0.398 e. The number of rotatable bonds is 1. The zero-order chi connectivity index (χ0) is 9.47. The van der Waals surface area contributed by atoms with Gasteiger partial charge in [0.25, 0.3) is 0 Å². The number of hydrogen-bond donors (Lipinski definition) is 2. The molecule has 0 aliphatic heterocycles. The van der Waals surface area contributed by atoms with Gasteiger partial charge in [-0.3, -0.25) is 0 Å². The largest absolute Gasteiger partial charge is 0.398 e. The first kappa shape index (κ1) is 9.03. The number of nitrogen functional groups attached to an aromatic ring is 1. The Morgan fingerprint density at radius 2 is 2.00 bits per heavy atom. The molecule has 0 radical (unpaired) electrons. The molecule has 2 rings (SSSR count). The van der Waals surface area contributed by atoms with Gasteiger partial charge < -0.3 is 11.5 Å². The molecule has 0 amide bonds. The lowest BCUT2D eigenvalue weighted by Gasteiger charge is -2.38. The van der Waals surface area contributed by atoms with Crippen LogP contribution in [0.3, 0.4) is 0 Å². The van der Waals surface area contributed by atoms with E-state index in [1.54, 1.807) is 0 Å². The van der Waals surface area contributed by atoms with Crippen molar-refractivity contribution >= 4 is 21.6 Å². The number of nitrogens with two attached hydrogens (primary N) is 2. The predicted molar refractivity (Wildman–Crippen MR) is 58.3 cm³/mol. The van der Waals surface area contributed by atoms with Crippen molar-refractivity contribution in [2.75, 3.05) is 5.73 Å². The molecule has 1 aromatic carbocycles. The minimum absolute atomic E-state index is 0.102. The van der Waals surface area contributed by atoms with Gasteiger partial charge in [-0.15, -0.1) is 0 Å². The lowest BCUT2D eigenvalue weighted by Crippen LogP contribution is -2.43. The third-order valence-corrected chi connectivity index (χ3v) is 3.54. The third kappa shape index (κ3) is 1.46. The van der Waals surface area contributed by atoms with E-state index in [1.165, 1.54) is 12.0 Å². The first-order valence-corrected chi connectivity index (χ1v) is 5.25. The Bertz CT molecular complexity index is 332. The summed E-state index contributed by atoms with van der Waals surface area (Å²) in [5.41, 5.74) is 13.8. The Kier molecular flexibility index (Phi) is 2.08. The summed E-state index contributed by atoms with van der Waals surface area (Å²) in [6, 6.07) is 6.00. The fourth-order valence-corrected chi connectivity index (χ4v) is 1.95. The van der Waals surface area contributed by atoms with Gasteiger partial charge in [0.1, 0.15) is 0 Å². The summed E-state index contributed by atoms with van der Waals surface area (Å²) in [4.78, 5) is 0. The predicted octanol–water partition coefficient (Wildman–Crippen LogP) is 2.37. The molecule has 4 N–H and O–H groups in total. The van der Waals surface area contributed by atoms with Crippen LogP contribution < -0.4 is 11.5 Å². The van der Waals surface area contributed by atoms with E-state index in [0.29, 0.717) is 0 Å². The maximum atomic E-state index is 6.17. The van der Waals surface area contributed by atoms with E-state index in [9.17, 15) is 0 Å². The van der Waals surface area contributed by atoms with E-state index in [1.807, 2.05) is 12.1 Å². The molecule has 0 saturated heterocycles. The molecular formula is C10H13BrN2. The lowest BCUT2D eigenvalue weighted by molar-refractivity contribution is 0.253. The van der Waals surface area contributed by atoms with Crippen molar-refractivity contribution in [3.8, 4) is 0 Å². The number of anilines is 1. The second-order valence-corrected chi connectivity index (χ2v) is 4.60. The minimum atomic E-state index is -0.102. The molecule has 0 heterocycles. The molecule has 70 valence electrons. The summed E-state index contributed by atoms with van der Waals surface area (Å²) in [5, 5.41) is 0. The highest BCUT2D eigenvalue weighted by atomic mass is 79.9. The summed E-state index contributed by atoms with van der Waals surface area (Å²) in [6.45, 7) is 0. The molecule has 1 aliphatic rings. The van der Waals surface area contributed by atoms with Crippen LogP contribution in [0, 0.1) is 0 Å². The molecule has 13 heavy (non-hydrogen) atoms. The molecule has 1 aliphatic carbocycles. The molecular weight excluding hydrogens is 228 g/mol. The molecule has 0 atom stereocenters. The highest BCUT2D eigenvalue weighted by Crippen LogP contribution is 2.39. The first-order valence-electron chi connectivity index (χ1n) is 4.46. The van der Waals surface area contributed by atoms with Crippen LogP contribution in [-0.2, 0) is 5.54 Å². The van der Waals surface area contributed by atoms with Crippen LogP contribution in [0.1, 0.15) is 24.8 Å². The Balaban J connectivity index is 2.36. The van der Waals surface area contributed by atoms with Crippen molar-refractivity contribution in [2.24, 2.45) is 5.73 Å². The SMILES string of the molecule is Nc1cc(C2(N)CCC2)ccc1Br. The fourth-order valence-electron chi connectivity index (χ4n) is 1.70. The maximum Gasteiger partial charge on any atom is 0.0461 e. The van der Waals surface area contributed by atoms with Crippen LogP contribution in [0.15, 0.2) is 22.7 Å². The topological polar surface area (TPSA) is 52.0 Å². The highest BCUT2D eigenvalue weighted by molar-refractivity contribution is 9.10. The Morgan fingerprint density at radius 1 is 1.31 bits per heavy atom.